The Morgan fingerprint density at radius 3 is 1.41 bits per heavy atom. The number of nitrogens with zero attached hydrogens (tertiary/aromatic N) is 5. The molecule has 0 amide bonds. The van der Waals surface area contributed by atoms with Gasteiger partial charge in [-0.25, -0.2) is 24.9 Å². The third kappa shape index (κ3) is 5.56. The molecule has 7 aromatic carbocycles. The first-order valence-electron chi connectivity index (χ1n) is 18.4. The zero-order valence-corrected chi connectivity index (χ0v) is 31.4. The number of fused-ring (bicyclic) bond motifs is 6. The SMILES string of the molecule is c1ccc(-c2ccc(-c3nc(-c4ccccc4)nc(-c4cccc5sc6cccc(-c7nc(-c8ccccc8)c8sc9ccccc9c8n7)c6c45)n3)cc2)cc1. The van der Waals surface area contributed by atoms with Gasteiger partial charge in [-0.15, -0.1) is 22.7 Å². The standard InChI is InChI=1S/C49H29N5S2/c1-4-14-30(15-5-1)31-26-28-34(29-27-31)47-52-46(33-18-8-3-9-19-33)53-49(54-47)37-22-13-25-40-42(37)41-36(21-12-24-39(41)55-40)48-50-43(32-16-6-2-7-17-32)45-44(51-48)35-20-10-11-23-38(35)56-45/h1-29H. The normalized spacial score (nSPS) is 11.6. The summed E-state index contributed by atoms with van der Waals surface area (Å²) in [4.78, 5) is 26.2. The molecule has 0 saturated heterocycles. The van der Waals surface area contributed by atoms with Crippen LogP contribution in [-0.4, -0.2) is 24.9 Å². The van der Waals surface area contributed by atoms with Gasteiger partial charge in [0.1, 0.15) is 0 Å². The van der Waals surface area contributed by atoms with Crippen LogP contribution in [0.4, 0.5) is 0 Å². The minimum absolute atomic E-state index is 0.617. The van der Waals surface area contributed by atoms with Crippen molar-refractivity contribution < 1.29 is 0 Å². The molecule has 11 aromatic rings. The number of hydrogen-bond acceptors (Lipinski definition) is 7. The van der Waals surface area contributed by atoms with Gasteiger partial charge in [0.25, 0.3) is 0 Å². The Balaban J connectivity index is 1.14. The minimum atomic E-state index is 0.617. The van der Waals surface area contributed by atoms with Crippen molar-refractivity contribution in [3.8, 4) is 67.9 Å². The molecule has 0 unspecified atom stereocenters. The molecule has 0 aliphatic carbocycles. The third-order valence-corrected chi connectivity index (χ3v) is 12.5. The molecule has 0 aliphatic heterocycles. The van der Waals surface area contributed by atoms with Crippen LogP contribution < -0.4 is 0 Å². The molecule has 0 N–H and O–H groups in total. The van der Waals surface area contributed by atoms with Crippen LogP contribution in [0.25, 0.3) is 108 Å². The summed E-state index contributed by atoms with van der Waals surface area (Å²) in [7, 11) is 0. The number of aromatic nitrogens is 5. The highest BCUT2D eigenvalue weighted by Gasteiger charge is 2.22. The Morgan fingerprint density at radius 2 is 0.768 bits per heavy atom. The molecular weight excluding hydrogens is 723 g/mol. The summed E-state index contributed by atoms with van der Waals surface area (Å²) in [6.45, 7) is 0. The molecule has 11 rings (SSSR count). The third-order valence-electron chi connectivity index (χ3n) is 10.2. The molecule has 7 heteroatoms. The molecule has 0 radical (unpaired) electrons. The summed E-state index contributed by atoms with van der Waals surface area (Å²) in [6.07, 6.45) is 0. The molecule has 0 atom stereocenters. The first-order chi connectivity index (χ1) is 27.7. The lowest BCUT2D eigenvalue weighted by Gasteiger charge is -2.11. The Hall–Kier alpha value is -6.93. The molecule has 0 spiro atoms. The van der Waals surface area contributed by atoms with Crippen molar-refractivity contribution in [2.45, 2.75) is 0 Å². The molecule has 4 aromatic heterocycles. The molecular formula is C49H29N5S2. The zero-order valence-electron chi connectivity index (χ0n) is 29.8. The highest BCUT2D eigenvalue weighted by Crippen LogP contribution is 2.45. The van der Waals surface area contributed by atoms with E-state index in [2.05, 4.69) is 133 Å². The maximum Gasteiger partial charge on any atom is 0.164 e. The van der Waals surface area contributed by atoms with Crippen molar-refractivity contribution in [1.29, 1.82) is 0 Å². The van der Waals surface area contributed by atoms with Gasteiger partial charge in [0.2, 0.25) is 0 Å². The van der Waals surface area contributed by atoms with Gasteiger partial charge in [0.05, 0.1) is 15.9 Å². The monoisotopic (exact) mass is 751 g/mol. The van der Waals surface area contributed by atoms with Gasteiger partial charge in [-0.2, -0.15) is 0 Å². The van der Waals surface area contributed by atoms with Gasteiger partial charge in [-0.1, -0.05) is 158 Å². The highest BCUT2D eigenvalue weighted by molar-refractivity contribution is 7.26. The quantitative estimate of drug-likeness (QED) is 0.169. The second-order valence-electron chi connectivity index (χ2n) is 13.6. The summed E-state index contributed by atoms with van der Waals surface area (Å²) in [5.74, 6) is 2.56. The Morgan fingerprint density at radius 1 is 0.304 bits per heavy atom. The molecule has 0 aliphatic rings. The lowest BCUT2D eigenvalue weighted by atomic mass is 10.0. The first-order valence-corrected chi connectivity index (χ1v) is 20.1. The minimum Gasteiger partial charge on any atom is -0.226 e. The molecule has 262 valence electrons. The van der Waals surface area contributed by atoms with Gasteiger partial charge in [0, 0.05) is 58.1 Å². The van der Waals surface area contributed by atoms with Crippen LogP contribution in [-0.2, 0) is 0 Å². The van der Waals surface area contributed by atoms with Crippen LogP contribution in [0.15, 0.2) is 176 Å². The number of benzene rings is 7. The average molecular weight is 752 g/mol. The maximum atomic E-state index is 5.37. The summed E-state index contributed by atoms with van der Waals surface area (Å²) in [5.41, 5.74) is 9.05. The van der Waals surface area contributed by atoms with Crippen molar-refractivity contribution in [3.05, 3.63) is 176 Å². The summed E-state index contributed by atoms with van der Waals surface area (Å²) < 4.78 is 4.58. The predicted molar refractivity (Wildman–Crippen MR) is 234 cm³/mol. The molecule has 0 bridgehead atoms. The molecule has 56 heavy (non-hydrogen) atoms. The van der Waals surface area contributed by atoms with Crippen molar-refractivity contribution in [2.75, 3.05) is 0 Å². The average Bonchev–Trinajstić information content (AvgIpc) is 3.86. The lowest BCUT2D eigenvalue weighted by Crippen LogP contribution is -2.00. The summed E-state index contributed by atoms with van der Waals surface area (Å²) in [5, 5.41) is 3.31. The summed E-state index contributed by atoms with van der Waals surface area (Å²) >= 11 is 3.51. The van der Waals surface area contributed by atoms with Crippen molar-refractivity contribution >= 4 is 63.1 Å². The van der Waals surface area contributed by atoms with E-state index in [4.69, 9.17) is 24.9 Å². The zero-order chi connectivity index (χ0) is 37.0. The Kier molecular flexibility index (Phi) is 7.79. The van der Waals surface area contributed by atoms with Crippen LogP contribution >= 0.6 is 22.7 Å². The Labute approximate surface area is 330 Å². The molecule has 0 fully saturated rings. The number of thiophene rings is 2. The van der Waals surface area contributed by atoms with Crippen molar-refractivity contribution in [1.82, 2.24) is 24.9 Å². The second-order valence-corrected chi connectivity index (χ2v) is 15.7. The summed E-state index contributed by atoms with van der Waals surface area (Å²) in [6, 6.07) is 60.8. The Bertz CT molecular complexity index is 3230. The lowest BCUT2D eigenvalue weighted by molar-refractivity contribution is 1.08. The largest absolute Gasteiger partial charge is 0.226 e. The van der Waals surface area contributed by atoms with Crippen LogP contribution in [0.1, 0.15) is 0 Å². The van der Waals surface area contributed by atoms with Gasteiger partial charge in [-0.3, -0.25) is 0 Å². The van der Waals surface area contributed by atoms with E-state index in [-0.39, 0.29) is 0 Å². The van der Waals surface area contributed by atoms with E-state index >= 15 is 0 Å². The van der Waals surface area contributed by atoms with Crippen molar-refractivity contribution in [3.63, 3.8) is 0 Å². The maximum absolute atomic E-state index is 5.37. The topological polar surface area (TPSA) is 64.5 Å². The van der Waals surface area contributed by atoms with Gasteiger partial charge in [0.15, 0.2) is 23.3 Å². The number of hydrogen-bond donors (Lipinski definition) is 0. The van der Waals surface area contributed by atoms with Crippen LogP contribution in [0.3, 0.4) is 0 Å². The van der Waals surface area contributed by atoms with E-state index in [1.165, 1.54) is 10.3 Å². The van der Waals surface area contributed by atoms with Crippen molar-refractivity contribution in [2.24, 2.45) is 0 Å². The van der Waals surface area contributed by atoms with E-state index in [1.54, 1.807) is 22.7 Å². The molecule has 0 saturated carbocycles. The fourth-order valence-electron chi connectivity index (χ4n) is 7.53. The van der Waals surface area contributed by atoms with Gasteiger partial charge >= 0.3 is 0 Å². The van der Waals surface area contributed by atoms with E-state index < -0.39 is 0 Å². The predicted octanol–water partition coefficient (Wildman–Crippen LogP) is 13.4. The van der Waals surface area contributed by atoms with Crippen LogP contribution in [0.5, 0.6) is 0 Å². The smallest absolute Gasteiger partial charge is 0.164 e. The van der Waals surface area contributed by atoms with Gasteiger partial charge in [-0.05, 0) is 29.3 Å². The highest BCUT2D eigenvalue weighted by atomic mass is 32.1. The van der Waals surface area contributed by atoms with Gasteiger partial charge < -0.3 is 0 Å². The fourth-order valence-corrected chi connectivity index (χ4v) is 9.84. The number of rotatable bonds is 6. The van der Waals surface area contributed by atoms with E-state index in [1.807, 2.05) is 42.5 Å². The fraction of sp³-hybridized carbons (Fsp3) is 0. The molecule has 5 nitrogen and oxygen atoms in total. The van der Waals surface area contributed by atoms with Crippen LogP contribution in [0.2, 0.25) is 0 Å². The van der Waals surface area contributed by atoms with E-state index in [0.29, 0.717) is 23.3 Å². The van der Waals surface area contributed by atoms with E-state index in [9.17, 15) is 0 Å². The van der Waals surface area contributed by atoms with E-state index in [0.717, 1.165) is 74.8 Å². The molecule has 4 heterocycles. The second kappa shape index (κ2) is 13.4. The first kappa shape index (κ1) is 32.5. The van der Waals surface area contributed by atoms with Crippen LogP contribution in [0, 0.1) is 0 Å².